The minimum absolute atomic E-state index is 0.00281. The van der Waals surface area contributed by atoms with Gasteiger partial charge in [0.1, 0.15) is 0 Å². The maximum Gasteiger partial charge on any atom is 0.269 e. The van der Waals surface area contributed by atoms with Crippen LogP contribution in [0.3, 0.4) is 0 Å². The Labute approximate surface area is 139 Å². The standard InChI is InChI=1S/C17H17N3O4/c21-11-10-19(13-15-2-1-9-18-12-15)17(22)8-5-14-3-6-16(7-4-14)20(23)24/h1-9,12,21H,10-11,13H2/b8-5+. The number of nitro groups is 1. The Kier molecular flexibility index (Phi) is 6.16. The molecule has 0 saturated carbocycles. The Morgan fingerprint density at radius 1 is 1.29 bits per heavy atom. The smallest absolute Gasteiger partial charge is 0.269 e. The lowest BCUT2D eigenvalue weighted by atomic mass is 10.2. The van der Waals surface area contributed by atoms with Gasteiger partial charge in [0.2, 0.25) is 5.91 Å². The van der Waals surface area contributed by atoms with Crippen LogP contribution in [-0.4, -0.2) is 39.0 Å². The van der Waals surface area contributed by atoms with E-state index in [1.165, 1.54) is 23.1 Å². The van der Waals surface area contributed by atoms with Crippen LogP contribution in [0.4, 0.5) is 5.69 Å². The molecule has 0 aliphatic heterocycles. The van der Waals surface area contributed by atoms with Crippen molar-refractivity contribution in [1.29, 1.82) is 0 Å². The highest BCUT2D eigenvalue weighted by Gasteiger charge is 2.11. The second-order valence-electron chi connectivity index (χ2n) is 5.03. The Hall–Kier alpha value is -3.06. The molecule has 1 heterocycles. The monoisotopic (exact) mass is 327 g/mol. The number of hydrogen-bond acceptors (Lipinski definition) is 5. The number of carbonyl (C=O) groups excluding carboxylic acids is 1. The predicted molar refractivity (Wildman–Crippen MR) is 88.9 cm³/mol. The SMILES string of the molecule is O=C(/C=C/c1ccc([N+](=O)[O-])cc1)N(CCO)Cc1cccnc1. The zero-order valence-corrected chi connectivity index (χ0v) is 12.9. The number of rotatable bonds is 7. The third-order valence-corrected chi connectivity index (χ3v) is 3.30. The highest BCUT2D eigenvalue weighted by molar-refractivity contribution is 5.91. The predicted octanol–water partition coefficient (Wildman–Crippen LogP) is 2.02. The number of nitro benzene ring substituents is 1. The van der Waals surface area contributed by atoms with Crippen molar-refractivity contribution in [3.63, 3.8) is 0 Å². The normalized spacial score (nSPS) is 10.7. The summed E-state index contributed by atoms with van der Waals surface area (Å²) in [5.41, 5.74) is 1.54. The van der Waals surface area contributed by atoms with Crippen LogP contribution in [0.5, 0.6) is 0 Å². The van der Waals surface area contributed by atoms with Gasteiger partial charge in [-0.15, -0.1) is 0 Å². The van der Waals surface area contributed by atoms with Crippen molar-refractivity contribution >= 4 is 17.7 Å². The molecule has 1 amide bonds. The Morgan fingerprint density at radius 3 is 2.62 bits per heavy atom. The van der Waals surface area contributed by atoms with Crippen molar-refractivity contribution in [3.8, 4) is 0 Å². The largest absolute Gasteiger partial charge is 0.395 e. The number of pyridine rings is 1. The molecular formula is C17H17N3O4. The van der Waals surface area contributed by atoms with Crippen LogP contribution in [0, 0.1) is 10.1 Å². The van der Waals surface area contributed by atoms with Crippen molar-refractivity contribution in [2.24, 2.45) is 0 Å². The summed E-state index contributed by atoms with van der Waals surface area (Å²) in [6.07, 6.45) is 6.28. The van der Waals surface area contributed by atoms with E-state index in [0.29, 0.717) is 12.1 Å². The maximum atomic E-state index is 12.3. The molecule has 2 aromatic rings. The summed E-state index contributed by atoms with van der Waals surface area (Å²) < 4.78 is 0. The molecule has 1 N–H and O–H groups in total. The summed E-state index contributed by atoms with van der Waals surface area (Å²) in [5.74, 6) is -0.258. The van der Waals surface area contributed by atoms with Gasteiger partial charge in [-0.05, 0) is 35.4 Å². The van der Waals surface area contributed by atoms with Crippen LogP contribution in [0.2, 0.25) is 0 Å². The molecule has 7 heteroatoms. The summed E-state index contributed by atoms with van der Waals surface area (Å²) in [7, 11) is 0. The van der Waals surface area contributed by atoms with Gasteiger partial charge in [0, 0.05) is 43.7 Å². The van der Waals surface area contributed by atoms with E-state index < -0.39 is 4.92 Å². The minimum Gasteiger partial charge on any atom is -0.395 e. The first-order valence-electron chi connectivity index (χ1n) is 7.31. The summed E-state index contributed by atoms with van der Waals surface area (Å²) in [4.78, 5) is 27.9. The quantitative estimate of drug-likeness (QED) is 0.477. The highest BCUT2D eigenvalue weighted by atomic mass is 16.6. The molecule has 24 heavy (non-hydrogen) atoms. The molecule has 0 aliphatic carbocycles. The van der Waals surface area contributed by atoms with E-state index in [2.05, 4.69) is 4.98 Å². The summed E-state index contributed by atoms with van der Waals surface area (Å²) >= 11 is 0. The van der Waals surface area contributed by atoms with Gasteiger partial charge in [-0.1, -0.05) is 6.07 Å². The zero-order valence-electron chi connectivity index (χ0n) is 12.9. The van der Waals surface area contributed by atoms with Crippen molar-refractivity contribution in [1.82, 2.24) is 9.88 Å². The van der Waals surface area contributed by atoms with E-state index in [9.17, 15) is 14.9 Å². The van der Waals surface area contributed by atoms with E-state index in [0.717, 1.165) is 5.56 Å². The molecule has 0 atom stereocenters. The van der Waals surface area contributed by atoms with E-state index in [4.69, 9.17) is 5.11 Å². The molecule has 0 bridgehead atoms. The fourth-order valence-electron chi connectivity index (χ4n) is 2.08. The fourth-order valence-corrected chi connectivity index (χ4v) is 2.08. The number of benzene rings is 1. The van der Waals surface area contributed by atoms with Gasteiger partial charge in [-0.2, -0.15) is 0 Å². The first-order chi connectivity index (χ1) is 11.6. The van der Waals surface area contributed by atoms with Crippen LogP contribution in [0.25, 0.3) is 6.08 Å². The molecule has 2 rings (SSSR count). The molecule has 7 nitrogen and oxygen atoms in total. The zero-order chi connectivity index (χ0) is 17.4. The molecule has 1 aromatic heterocycles. The fraction of sp³-hybridized carbons (Fsp3) is 0.176. The van der Waals surface area contributed by atoms with E-state index in [-0.39, 0.29) is 24.7 Å². The number of amides is 1. The van der Waals surface area contributed by atoms with Crippen LogP contribution in [-0.2, 0) is 11.3 Å². The minimum atomic E-state index is -0.477. The molecular weight excluding hydrogens is 310 g/mol. The maximum absolute atomic E-state index is 12.3. The number of nitrogens with zero attached hydrogens (tertiary/aromatic N) is 3. The molecule has 0 spiro atoms. The number of carbonyl (C=O) groups is 1. The average molecular weight is 327 g/mol. The van der Waals surface area contributed by atoms with Crippen molar-refractivity contribution < 1.29 is 14.8 Å². The van der Waals surface area contributed by atoms with Crippen molar-refractivity contribution in [2.45, 2.75) is 6.54 Å². The van der Waals surface area contributed by atoms with Crippen LogP contribution >= 0.6 is 0 Å². The van der Waals surface area contributed by atoms with Gasteiger partial charge in [-0.3, -0.25) is 19.9 Å². The van der Waals surface area contributed by atoms with E-state index >= 15 is 0 Å². The number of non-ortho nitro benzene ring substituents is 1. The second kappa shape index (κ2) is 8.54. The van der Waals surface area contributed by atoms with Crippen molar-refractivity contribution in [3.05, 3.63) is 76.1 Å². The van der Waals surface area contributed by atoms with Gasteiger partial charge in [0.05, 0.1) is 11.5 Å². The molecule has 0 radical (unpaired) electrons. The van der Waals surface area contributed by atoms with E-state index in [1.807, 2.05) is 6.07 Å². The average Bonchev–Trinajstić information content (AvgIpc) is 2.60. The first-order valence-corrected chi connectivity index (χ1v) is 7.31. The molecule has 0 fully saturated rings. The third-order valence-electron chi connectivity index (χ3n) is 3.30. The van der Waals surface area contributed by atoms with Gasteiger partial charge in [-0.25, -0.2) is 0 Å². The third kappa shape index (κ3) is 4.99. The van der Waals surface area contributed by atoms with Crippen LogP contribution in [0.15, 0.2) is 54.9 Å². The summed E-state index contributed by atoms with van der Waals surface area (Å²) in [6, 6.07) is 9.53. The molecule has 124 valence electrons. The van der Waals surface area contributed by atoms with Gasteiger partial charge < -0.3 is 10.0 Å². The number of aromatic nitrogens is 1. The van der Waals surface area contributed by atoms with Crippen LogP contribution in [0.1, 0.15) is 11.1 Å². The molecule has 0 aliphatic rings. The van der Waals surface area contributed by atoms with Gasteiger partial charge in [0.15, 0.2) is 0 Å². The lowest BCUT2D eigenvalue weighted by Gasteiger charge is -2.20. The summed E-state index contributed by atoms with van der Waals surface area (Å²) in [5, 5.41) is 19.7. The number of hydrogen-bond donors (Lipinski definition) is 1. The Bertz CT molecular complexity index is 714. The number of aliphatic hydroxyl groups excluding tert-OH is 1. The molecule has 1 aromatic carbocycles. The van der Waals surface area contributed by atoms with Crippen molar-refractivity contribution in [2.75, 3.05) is 13.2 Å². The summed E-state index contributed by atoms with van der Waals surface area (Å²) in [6.45, 7) is 0.410. The highest BCUT2D eigenvalue weighted by Crippen LogP contribution is 2.13. The van der Waals surface area contributed by atoms with Gasteiger partial charge in [0.25, 0.3) is 5.69 Å². The first kappa shape index (κ1) is 17.3. The second-order valence-corrected chi connectivity index (χ2v) is 5.03. The molecule has 0 unspecified atom stereocenters. The van der Waals surface area contributed by atoms with Crippen LogP contribution < -0.4 is 0 Å². The Balaban J connectivity index is 2.05. The number of aliphatic hydroxyl groups is 1. The van der Waals surface area contributed by atoms with E-state index in [1.54, 1.807) is 36.7 Å². The Morgan fingerprint density at radius 2 is 2.04 bits per heavy atom. The lowest BCUT2D eigenvalue weighted by molar-refractivity contribution is -0.384. The lowest BCUT2D eigenvalue weighted by Crippen LogP contribution is -2.31. The van der Waals surface area contributed by atoms with Gasteiger partial charge >= 0.3 is 0 Å². The topological polar surface area (TPSA) is 96.6 Å². The molecule has 0 saturated heterocycles.